The summed E-state index contributed by atoms with van der Waals surface area (Å²) in [6.45, 7) is 5.70. The predicted octanol–water partition coefficient (Wildman–Crippen LogP) is 2.51. The van der Waals surface area contributed by atoms with Gasteiger partial charge in [0, 0.05) is 13.1 Å². The van der Waals surface area contributed by atoms with E-state index in [2.05, 4.69) is 16.9 Å². The Morgan fingerprint density at radius 2 is 2.04 bits per heavy atom. The molecule has 0 spiro atoms. The first-order valence-corrected chi connectivity index (χ1v) is 9.68. The van der Waals surface area contributed by atoms with Crippen molar-refractivity contribution in [3.05, 3.63) is 33.8 Å². The Morgan fingerprint density at radius 1 is 1.32 bits per heavy atom. The molecular formula is C17H23N3O3S2. The van der Waals surface area contributed by atoms with Crippen molar-refractivity contribution < 1.29 is 14.6 Å². The van der Waals surface area contributed by atoms with Crippen molar-refractivity contribution in [1.29, 1.82) is 0 Å². The van der Waals surface area contributed by atoms with Gasteiger partial charge in [-0.3, -0.25) is 0 Å². The summed E-state index contributed by atoms with van der Waals surface area (Å²) >= 11 is 6.84. The van der Waals surface area contributed by atoms with Crippen molar-refractivity contribution in [1.82, 2.24) is 9.78 Å². The van der Waals surface area contributed by atoms with Gasteiger partial charge in [-0.25, -0.2) is 4.68 Å². The van der Waals surface area contributed by atoms with E-state index in [1.165, 1.54) is 16.9 Å². The molecule has 0 aliphatic carbocycles. The number of aliphatic hydroxyl groups is 1. The number of morpholine rings is 1. The van der Waals surface area contributed by atoms with E-state index in [0.29, 0.717) is 23.7 Å². The number of benzene rings is 1. The molecule has 8 heteroatoms. The quantitative estimate of drug-likeness (QED) is 0.744. The molecule has 0 unspecified atom stereocenters. The highest BCUT2D eigenvalue weighted by Crippen LogP contribution is 2.21. The maximum Gasteiger partial charge on any atom is 0.207 e. The zero-order valence-corrected chi connectivity index (χ0v) is 15.9. The van der Waals surface area contributed by atoms with Gasteiger partial charge in [-0.1, -0.05) is 30.4 Å². The van der Waals surface area contributed by atoms with Crippen LogP contribution in [0.4, 0.5) is 5.13 Å². The minimum absolute atomic E-state index is 0.206. The largest absolute Gasteiger partial charge is 0.491 e. The second kappa shape index (κ2) is 8.75. The summed E-state index contributed by atoms with van der Waals surface area (Å²) in [5.74, 6) is 0.757. The third-order valence-corrected chi connectivity index (χ3v) is 5.40. The standard InChI is InChI=1S/C17H23N3O3S2/c1-2-13-3-5-15(6-4-13)23-12-14(21)11-20-17(24)25-16(18-20)19-7-9-22-10-8-19/h3-6,14,21H,2,7-12H2,1H3/t14-/m0/s1. The molecule has 0 radical (unpaired) electrons. The number of aliphatic hydroxyl groups excluding tert-OH is 1. The number of ether oxygens (including phenoxy) is 2. The average Bonchev–Trinajstić information content (AvgIpc) is 3.01. The summed E-state index contributed by atoms with van der Waals surface area (Å²) in [6.07, 6.45) is 0.327. The lowest BCUT2D eigenvalue weighted by molar-refractivity contribution is 0.0889. The zero-order chi connectivity index (χ0) is 17.6. The van der Waals surface area contributed by atoms with Crippen LogP contribution in [-0.4, -0.2) is 53.9 Å². The molecule has 6 nitrogen and oxygen atoms in total. The third kappa shape index (κ3) is 5.01. The molecule has 1 atom stereocenters. The number of nitrogens with zero attached hydrogens (tertiary/aromatic N) is 3. The molecule has 3 rings (SSSR count). The van der Waals surface area contributed by atoms with Gasteiger partial charge in [0.1, 0.15) is 18.5 Å². The summed E-state index contributed by atoms with van der Waals surface area (Å²) in [5, 5.41) is 15.7. The van der Waals surface area contributed by atoms with Crippen LogP contribution in [0, 0.1) is 3.95 Å². The van der Waals surface area contributed by atoms with E-state index >= 15 is 0 Å². The minimum atomic E-state index is -0.669. The lowest BCUT2D eigenvalue weighted by Gasteiger charge is -2.25. The summed E-state index contributed by atoms with van der Waals surface area (Å²) in [5.41, 5.74) is 1.26. The fourth-order valence-corrected chi connectivity index (χ4v) is 3.73. The van der Waals surface area contributed by atoms with Crippen LogP contribution >= 0.6 is 23.6 Å². The van der Waals surface area contributed by atoms with Gasteiger partial charge in [0.2, 0.25) is 5.13 Å². The predicted molar refractivity (Wildman–Crippen MR) is 101 cm³/mol. The Bertz CT molecular complexity index is 723. The van der Waals surface area contributed by atoms with Gasteiger partial charge < -0.3 is 19.5 Å². The lowest BCUT2D eigenvalue weighted by Crippen LogP contribution is -2.36. The van der Waals surface area contributed by atoms with Crippen molar-refractivity contribution in [2.24, 2.45) is 0 Å². The van der Waals surface area contributed by atoms with Gasteiger partial charge in [0.15, 0.2) is 3.95 Å². The molecule has 136 valence electrons. The fourth-order valence-electron chi connectivity index (χ4n) is 2.56. The number of anilines is 1. The Labute approximate surface area is 156 Å². The van der Waals surface area contributed by atoms with Crippen LogP contribution in [0.5, 0.6) is 5.75 Å². The number of hydrogen-bond acceptors (Lipinski definition) is 7. The van der Waals surface area contributed by atoms with Crippen LogP contribution in [-0.2, 0) is 17.7 Å². The smallest absolute Gasteiger partial charge is 0.207 e. The molecule has 1 aromatic carbocycles. The van der Waals surface area contributed by atoms with Crippen molar-refractivity contribution in [3.63, 3.8) is 0 Å². The summed E-state index contributed by atoms with van der Waals surface area (Å²) in [4.78, 5) is 2.17. The van der Waals surface area contributed by atoms with Crippen LogP contribution in [0.1, 0.15) is 12.5 Å². The summed E-state index contributed by atoms with van der Waals surface area (Å²) in [6, 6.07) is 7.92. The average molecular weight is 382 g/mol. The highest BCUT2D eigenvalue weighted by molar-refractivity contribution is 7.73. The first kappa shape index (κ1) is 18.3. The molecule has 25 heavy (non-hydrogen) atoms. The van der Waals surface area contributed by atoms with E-state index in [1.807, 2.05) is 24.3 Å². The summed E-state index contributed by atoms with van der Waals surface area (Å²) < 4.78 is 13.4. The molecule has 1 aliphatic rings. The van der Waals surface area contributed by atoms with Gasteiger partial charge in [-0.2, -0.15) is 0 Å². The first-order valence-electron chi connectivity index (χ1n) is 8.46. The SMILES string of the molecule is CCc1ccc(OC[C@@H](O)Cn2nc(N3CCOCC3)sc2=S)cc1. The molecule has 2 aromatic rings. The molecule has 1 fully saturated rings. The minimum Gasteiger partial charge on any atom is -0.491 e. The monoisotopic (exact) mass is 381 g/mol. The molecular weight excluding hydrogens is 358 g/mol. The zero-order valence-electron chi connectivity index (χ0n) is 14.3. The van der Waals surface area contributed by atoms with Gasteiger partial charge in [0.05, 0.1) is 19.8 Å². The Kier molecular flexibility index (Phi) is 6.41. The van der Waals surface area contributed by atoms with Crippen molar-refractivity contribution in [3.8, 4) is 5.75 Å². The van der Waals surface area contributed by atoms with E-state index < -0.39 is 6.10 Å². The van der Waals surface area contributed by atoms with E-state index in [9.17, 15) is 5.11 Å². The first-order chi connectivity index (χ1) is 12.2. The van der Waals surface area contributed by atoms with Crippen LogP contribution in [0.15, 0.2) is 24.3 Å². The van der Waals surface area contributed by atoms with Gasteiger partial charge in [-0.15, -0.1) is 5.10 Å². The maximum absolute atomic E-state index is 10.2. The highest BCUT2D eigenvalue weighted by Gasteiger charge is 2.17. The molecule has 1 aliphatic heterocycles. The van der Waals surface area contributed by atoms with Crippen molar-refractivity contribution in [2.75, 3.05) is 37.8 Å². The second-order valence-corrected chi connectivity index (χ2v) is 7.50. The fraction of sp³-hybridized carbons (Fsp3) is 0.529. The topological polar surface area (TPSA) is 59.8 Å². The second-order valence-electron chi connectivity index (χ2n) is 5.89. The van der Waals surface area contributed by atoms with E-state index in [4.69, 9.17) is 21.7 Å². The van der Waals surface area contributed by atoms with Gasteiger partial charge in [-0.05, 0) is 36.3 Å². The van der Waals surface area contributed by atoms with Crippen LogP contribution < -0.4 is 9.64 Å². The van der Waals surface area contributed by atoms with E-state index in [-0.39, 0.29) is 6.61 Å². The van der Waals surface area contributed by atoms with Crippen LogP contribution in [0.2, 0.25) is 0 Å². The molecule has 1 N–H and O–H groups in total. The van der Waals surface area contributed by atoms with Gasteiger partial charge >= 0.3 is 0 Å². The molecule has 1 saturated heterocycles. The lowest BCUT2D eigenvalue weighted by atomic mass is 10.2. The Morgan fingerprint density at radius 3 is 2.72 bits per heavy atom. The molecule has 0 bridgehead atoms. The number of aromatic nitrogens is 2. The number of aryl methyl sites for hydroxylation is 1. The number of rotatable bonds is 7. The number of hydrogen-bond donors (Lipinski definition) is 1. The van der Waals surface area contributed by atoms with Crippen LogP contribution in [0.3, 0.4) is 0 Å². The van der Waals surface area contributed by atoms with E-state index in [1.54, 1.807) is 4.68 Å². The molecule has 0 amide bonds. The third-order valence-electron chi connectivity index (χ3n) is 4.03. The molecule has 2 heterocycles. The van der Waals surface area contributed by atoms with Crippen molar-refractivity contribution in [2.45, 2.75) is 26.0 Å². The normalized spacial score (nSPS) is 16.0. The van der Waals surface area contributed by atoms with E-state index in [0.717, 1.165) is 30.4 Å². The summed E-state index contributed by atoms with van der Waals surface area (Å²) in [7, 11) is 0. The van der Waals surface area contributed by atoms with Crippen LogP contribution in [0.25, 0.3) is 0 Å². The van der Waals surface area contributed by atoms with Crippen molar-refractivity contribution >= 4 is 28.7 Å². The molecule has 1 aromatic heterocycles. The van der Waals surface area contributed by atoms with Gasteiger partial charge in [0.25, 0.3) is 0 Å². The highest BCUT2D eigenvalue weighted by atomic mass is 32.1. The Hall–Kier alpha value is -1.48. The molecule has 0 saturated carbocycles. The maximum atomic E-state index is 10.2. The Balaban J connectivity index is 1.54.